The van der Waals surface area contributed by atoms with Crippen molar-refractivity contribution in [2.24, 2.45) is 10.1 Å². The second-order valence-corrected chi connectivity index (χ2v) is 6.62. The molecule has 1 aliphatic heterocycles. The molecule has 0 radical (unpaired) electrons. The maximum Gasteiger partial charge on any atom is 0.182 e. The van der Waals surface area contributed by atoms with E-state index in [1.54, 1.807) is 11.8 Å². The quantitative estimate of drug-likeness (QED) is 0.500. The van der Waals surface area contributed by atoms with Crippen molar-refractivity contribution in [2.45, 2.75) is 25.5 Å². The van der Waals surface area contributed by atoms with E-state index in [0.29, 0.717) is 5.02 Å². The molecule has 2 rings (SSSR count). The summed E-state index contributed by atoms with van der Waals surface area (Å²) < 4.78 is 0. The van der Waals surface area contributed by atoms with E-state index < -0.39 is 0 Å². The molecule has 1 heterocycles. The lowest BCUT2D eigenvalue weighted by atomic mass is 10.1. The standard InChI is InChI=1S/C16H18ClN3S/c1-10(2)9-15-12(4)18-16(21-15)20-19-11(3)13-5-7-14(17)8-6-13/h5-8,15H,1,4,9H2,2-3H3,(H,18,20)/b19-11+. The number of thioether (sulfide) groups is 1. The SMILES string of the molecule is C=C(C)CC1SC(N/N=C(\C)c2ccc(Cl)cc2)=NC1=C. The van der Waals surface area contributed by atoms with Gasteiger partial charge in [-0.3, -0.25) is 5.43 Å². The van der Waals surface area contributed by atoms with E-state index >= 15 is 0 Å². The van der Waals surface area contributed by atoms with Gasteiger partial charge in [0.1, 0.15) is 0 Å². The first-order valence-electron chi connectivity index (χ1n) is 6.60. The fourth-order valence-corrected chi connectivity index (χ4v) is 3.07. The smallest absolute Gasteiger partial charge is 0.182 e. The first kappa shape index (κ1) is 15.9. The van der Waals surface area contributed by atoms with Gasteiger partial charge in [-0.15, -0.1) is 6.58 Å². The van der Waals surface area contributed by atoms with E-state index in [1.807, 2.05) is 38.1 Å². The van der Waals surface area contributed by atoms with Crippen molar-refractivity contribution in [3.8, 4) is 0 Å². The molecule has 1 aromatic carbocycles. The number of benzene rings is 1. The van der Waals surface area contributed by atoms with Crippen molar-refractivity contribution in [1.82, 2.24) is 5.43 Å². The van der Waals surface area contributed by atoms with Crippen molar-refractivity contribution in [3.05, 3.63) is 59.3 Å². The van der Waals surface area contributed by atoms with Gasteiger partial charge < -0.3 is 0 Å². The van der Waals surface area contributed by atoms with Crippen molar-refractivity contribution in [1.29, 1.82) is 0 Å². The van der Waals surface area contributed by atoms with Gasteiger partial charge in [0.25, 0.3) is 0 Å². The Kier molecular flexibility index (Phi) is 5.26. The van der Waals surface area contributed by atoms with Crippen LogP contribution in [-0.4, -0.2) is 16.1 Å². The third-order valence-electron chi connectivity index (χ3n) is 2.99. The van der Waals surface area contributed by atoms with Crippen LogP contribution < -0.4 is 5.43 Å². The number of nitrogens with zero attached hydrogens (tertiary/aromatic N) is 2. The summed E-state index contributed by atoms with van der Waals surface area (Å²) >= 11 is 7.51. The normalized spacial score (nSPS) is 18.6. The van der Waals surface area contributed by atoms with Gasteiger partial charge in [0.05, 0.1) is 16.7 Å². The summed E-state index contributed by atoms with van der Waals surface area (Å²) in [7, 11) is 0. The van der Waals surface area contributed by atoms with Crippen LogP contribution in [0, 0.1) is 0 Å². The third kappa shape index (κ3) is 4.48. The van der Waals surface area contributed by atoms with E-state index in [0.717, 1.165) is 34.1 Å². The number of aliphatic imine (C=N–C) groups is 1. The lowest BCUT2D eigenvalue weighted by Crippen LogP contribution is -2.15. The van der Waals surface area contributed by atoms with Gasteiger partial charge in [0.15, 0.2) is 5.17 Å². The van der Waals surface area contributed by atoms with Crippen molar-refractivity contribution in [3.63, 3.8) is 0 Å². The van der Waals surface area contributed by atoms with Crippen molar-refractivity contribution >= 4 is 34.2 Å². The molecule has 0 spiro atoms. The van der Waals surface area contributed by atoms with E-state index in [-0.39, 0.29) is 5.25 Å². The molecule has 0 bridgehead atoms. The van der Waals surface area contributed by atoms with Gasteiger partial charge in [-0.1, -0.05) is 47.6 Å². The van der Waals surface area contributed by atoms with Crippen LogP contribution >= 0.6 is 23.4 Å². The molecule has 1 N–H and O–H groups in total. The highest BCUT2D eigenvalue weighted by Crippen LogP contribution is 2.32. The van der Waals surface area contributed by atoms with Gasteiger partial charge >= 0.3 is 0 Å². The van der Waals surface area contributed by atoms with E-state index in [2.05, 4.69) is 28.7 Å². The molecular formula is C16H18ClN3S. The number of allylic oxidation sites excluding steroid dienone is 1. The van der Waals surface area contributed by atoms with Crippen molar-refractivity contribution in [2.75, 3.05) is 0 Å². The van der Waals surface area contributed by atoms with Crippen LogP contribution in [0.25, 0.3) is 0 Å². The lowest BCUT2D eigenvalue weighted by molar-refractivity contribution is 0.950. The Labute approximate surface area is 134 Å². The summed E-state index contributed by atoms with van der Waals surface area (Å²) in [6.07, 6.45) is 0.887. The molecule has 0 fully saturated rings. The number of amidine groups is 1. The Balaban J connectivity index is 1.98. The minimum Gasteiger partial charge on any atom is -0.256 e. The third-order valence-corrected chi connectivity index (χ3v) is 4.37. The Morgan fingerprint density at radius 2 is 2.05 bits per heavy atom. The molecule has 1 aromatic rings. The van der Waals surface area contributed by atoms with Gasteiger partial charge in [0, 0.05) is 5.02 Å². The second-order valence-electron chi connectivity index (χ2n) is 4.99. The maximum absolute atomic E-state index is 5.88. The summed E-state index contributed by atoms with van der Waals surface area (Å²) in [5, 5.41) is 6.12. The predicted molar refractivity (Wildman–Crippen MR) is 94.2 cm³/mol. The van der Waals surface area contributed by atoms with E-state index in [9.17, 15) is 0 Å². The topological polar surface area (TPSA) is 36.8 Å². The average Bonchev–Trinajstić information content (AvgIpc) is 2.77. The van der Waals surface area contributed by atoms with Crippen LogP contribution in [0.2, 0.25) is 5.02 Å². The first-order valence-corrected chi connectivity index (χ1v) is 7.86. The van der Waals surface area contributed by atoms with Crippen LogP contribution in [0.1, 0.15) is 25.8 Å². The zero-order valence-corrected chi connectivity index (χ0v) is 13.8. The predicted octanol–water partition coefficient (Wildman–Crippen LogP) is 4.60. The minimum absolute atomic E-state index is 0.260. The fourth-order valence-electron chi connectivity index (χ4n) is 1.85. The Morgan fingerprint density at radius 3 is 2.67 bits per heavy atom. The summed E-state index contributed by atoms with van der Waals surface area (Å²) in [6.45, 7) is 11.9. The molecule has 21 heavy (non-hydrogen) atoms. The van der Waals surface area contributed by atoms with Crippen LogP contribution in [0.15, 0.2) is 58.8 Å². The monoisotopic (exact) mass is 319 g/mol. The molecule has 5 heteroatoms. The average molecular weight is 320 g/mol. The molecule has 0 aliphatic carbocycles. The van der Waals surface area contributed by atoms with Gasteiger partial charge in [-0.25, -0.2) is 4.99 Å². The van der Waals surface area contributed by atoms with Crippen molar-refractivity contribution < 1.29 is 0 Å². The lowest BCUT2D eigenvalue weighted by Gasteiger charge is -2.08. The van der Waals surface area contributed by atoms with E-state index in [1.165, 1.54) is 0 Å². The number of hydrazone groups is 1. The second kappa shape index (κ2) is 6.96. The fraction of sp³-hybridized carbons (Fsp3) is 0.250. The van der Waals surface area contributed by atoms with Gasteiger partial charge in [0.2, 0.25) is 0 Å². The largest absolute Gasteiger partial charge is 0.256 e. The van der Waals surface area contributed by atoms with Crippen LogP contribution in [0.3, 0.4) is 0 Å². The molecule has 1 atom stereocenters. The highest BCUT2D eigenvalue weighted by Gasteiger charge is 2.23. The summed E-state index contributed by atoms with van der Waals surface area (Å²) in [6, 6.07) is 7.58. The highest BCUT2D eigenvalue weighted by molar-refractivity contribution is 8.14. The van der Waals surface area contributed by atoms with Gasteiger partial charge in [-0.2, -0.15) is 5.10 Å². The molecule has 1 unspecified atom stereocenters. The van der Waals surface area contributed by atoms with Gasteiger partial charge in [-0.05, 0) is 38.0 Å². The minimum atomic E-state index is 0.260. The molecule has 0 saturated heterocycles. The summed E-state index contributed by atoms with van der Waals surface area (Å²) in [5.41, 5.74) is 6.90. The molecule has 1 aliphatic rings. The molecule has 110 valence electrons. The Bertz CT molecular complexity index is 617. The number of rotatable bonds is 4. The Hall–Kier alpha value is -1.52. The molecule has 0 aromatic heterocycles. The number of halogens is 1. The number of hydrogen-bond donors (Lipinski definition) is 1. The van der Waals surface area contributed by atoms with Crippen LogP contribution in [-0.2, 0) is 0 Å². The van der Waals surface area contributed by atoms with Crippen LogP contribution in [0.4, 0.5) is 0 Å². The summed E-state index contributed by atoms with van der Waals surface area (Å²) in [4.78, 5) is 4.41. The Morgan fingerprint density at radius 1 is 1.38 bits per heavy atom. The zero-order valence-electron chi connectivity index (χ0n) is 12.2. The highest BCUT2D eigenvalue weighted by atomic mass is 35.5. The van der Waals surface area contributed by atoms with E-state index in [4.69, 9.17) is 11.6 Å². The number of hydrogen-bond acceptors (Lipinski definition) is 4. The zero-order chi connectivity index (χ0) is 15.4. The summed E-state index contributed by atoms with van der Waals surface area (Å²) in [5.74, 6) is 0. The molecule has 0 saturated carbocycles. The van der Waals surface area contributed by atoms with Crippen LogP contribution in [0.5, 0.6) is 0 Å². The molecule has 0 amide bonds. The molecular weight excluding hydrogens is 302 g/mol. The molecule has 3 nitrogen and oxygen atoms in total. The maximum atomic E-state index is 5.88. The number of nitrogens with one attached hydrogen (secondary N) is 1. The first-order chi connectivity index (χ1) is 9.95.